The van der Waals surface area contributed by atoms with Crippen LogP contribution in [0.3, 0.4) is 0 Å². The van der Waals surface area contributed by atoms with Gasteiger partial charge in [-0.1, -0.05) is 12.1 Å². The van der Waals surface area contributed by atoms with E-state index in [9.17, 15) is 14.4 Å². The van der Waals surface area contributed by atoms with Gasteiger partial charge in [-0.25, -0.2) is 0 Å². The molecule has 0 fully saturated rings. The third-order valence-corrected chi connectivity index (χ3v) is 2.21. The Kier molecular flexibility index (Phi) is 3.82. The van der Waals surface area contributed by atoms with E-state index in [1.165, 1.54) is 19.1 Å². The highest BCUT2D eigenvalue weighted by atomic mass is 16.4. The van der Waals surface area contributed by atoms with Crippen LogP contribution in [-0.2, 0) is 9.59 Å². The molecule has 0 bridgehead atoms. The van der Waals surface area contributed by atoms with Crippen molar-refractivity contribution < 1.29 is 19.5 Å². The molecule has 0 aliphatic carbocycles. The van der Waals surface area contributed by atoms with E-state index in [2.05, 4.69) is 5.32 Å². The summed E-state index contributed by atoms with van der Waals surface area (Å²) in [4.78, 5) is 33.1. The second-order valence-electron chi connectivity index (χ2n) is 3.46. The normalized spacial score (nSPS) is 11.6. The Morgan fingerprint density at radius 3 is 2.41 bits per heavy atom. The van der Waals surface area contributed by atoms with Gasteiger partial charge < -0.3 is 16.2 Å². The van der Waals surface area contributed by atoms with Gasteiger partial charge in [0.1, 0.15) is 5.92 Å². The molecule has 6 nitrogen and oxygen atoms in total. The molecule has 0 saturated carbocycles. The van der Waals surface area contributed by atoms with Gasteiger partial charge >= 0.3 is 5.97 Å². The summed E-state index contributed by atoms with van der Waals surface area (Å²) in [6.45, 7) is 1.25. The summed E-state index contributed by atoms with van der Waals surface area (Å²) in [7, 11) is 0. The molecule has 17 heavy (non-hydrogen) atoms. The fraction of sp³-hybridized carbons (Fsp3) is 0.182. The molecular formula is C11H12N2O4. The van der Waals surface area contributed by atoms with Gasteiger partial charge in [0, 0.05) is 0 Å². The van der Waals surface area contributed by atoms with Crippen LogP contribution in [0.25, 0.3) is 0 Å². The lowest BCUT2D eigenvalue weighted by Crippen LogP contribution is -2.28. The minimum Gasteiger partial charge on any atom is -0.481 e. The van der Waals surface area contributed by atoms with Gasteiger partial charge in [-0.05, 0) is 19.1 Å². The molecule has 0 heterocycles. The number of amides is 2. The molecule has 0 spiro atoms. The Morgan fingerprint density at radius 2 is 1.88 bits per heavy atom. The van der Waals surface area contributed by atoms with Crippen molar-refractivity contribution in [3.8, 4) is 0 Å². The maximum atomic E-state index is 11.5. The number of carbonyl (C=O) groups is 3. The first-order valence-corrected chi connectivity index (χ1v) is 4.86. The minimum absolute atomic E-state index is 0.137. The third-order valence-electron chi connectivity index (χ3n) is 2.21. The van der Waals surface area contributed by atoms with E-state index in [1.807, 2.05) is 0 Å². The van der Waals surface area contributed by atoms with Crippen LogP contribution in [0.5, 0.6) is 0 Å². The highest BCUT2D eigenvalue weighted by Gasteiger charge is 2.21. The summed E-state index contributed by atoms with van der Waals surface area (Å²) in [5.74, 6) is -3.83. The summed E-state index contributed by atoms with van der Waals surface area (Å²) in [5.41, 5.74) is 5.46. The van der Waals surface area contributed by atoms with Crippen molar-refractivity contribution in [3.63, 3.8) is 0 Å². The molecule has 0 saturated heterocycles. The number of carbonyl (C=O) groups excluding carboxylic acids is 2. The molecule has 0 aromatic heterocycles. The Hall–Kier alpha value is -2.37. The monoisotopic (exact) mass is 236 g/mol. The van der Waals surface area contributed by atoms with Crippen molar-refractivity contribution in [2.24, 2.45) is 11.7 Å². The van der Waals surface area contributed by atoms with Crippen LogP contribution in [0.15, 0.2) is 24.3 Å². The van der Waals surface area contributed by atoms with Crippen molar-refractivity contribution in [1.29, 1.82) is 0 Å². The van der Waals surface area contributed by atoms with Crippen molar-refractivity contribution in [2.75, 3.05) is 5.32 Å². The first-order valence-electron chi connectivity index (χ1n) is 4.86. The number of carboxylic acids is 1. The van der Waals surface area contributed by atoms with E-state index in [0.29, 0.717) is 0 Å². The first kappa shape index (κ1) is 12.7. The van der Waals surface area contributed by atoms with Crippen molar-refractivity contribution in [2.45, 2.75) is 6.92 Å². The number of aliphatic carboxylic acids is 1. The second-order valence-corrected chi connectivity index (χ2v) is 3.46. The van der Waals surface area contributed by atoms with Gasteiger partial charge in [-0.3, -0.25) is 14.4 Å². The summed E-state index contributed by atoms with van der Waals surface area (Å²) in [6, 6.07) is 6.12. The Labute approximate surface area is 97.4 Å². The van der Waals surface area contributed by atoms with Crippen LogP contribution in [0.2, 0.25) is 0 Å². The molecule has 1 atom stereocenters. The molecule has 1 rings (SSSR count). The zero-order valence-corrected chi connectivity index (χ0v) is 9.14. The predicted octanol–water partition coefficient (Wildman–Crippen LogP) is 0.445. The van der Waals surface area contributed by atoms with Crippen molar-refractivity contribution >= 4 is 23.5 Å². The Balaban J connectivity index is 2.92. The molecular weight excluding hydrogens is 224 g/mol. The number of hydrogen-bond donors (Lipinski definition) is 3. The van der Waals surface area contributed by atoms with Crippen LogP contribution in [0.4, 0.5) is 5.69 Å². The van der Waals surface area contributed by atoms with Gasteiger partial charge in [-0.15, -0.1) is 0 Å². The molecule has 0 radical (unpaired) electrons. The fourth-order valence-corrected chi connectivity index (χ4v) is 1.16. The number of primary amides is 1. The smallest absolute Gasteiger partial charge is 0.315 e. The van der Waals surface area contributed by atoms with E-state index < -0.39 is 23.7 Å². The van der Waals surface area contributed by atoms with E-state index in [0.717, 1.165) is 0 Å². The van der Waals surface area contributed by atoms with Gasteiger partial charge in [0.25, 0.3) is 5.91 Å². The molecule has 1 aromatic carbocycles. The minimum atomic E-state index is -1.24. The van der Waals surface area contributed by atoms with Gasteiger partial charge in [0.15, 0.2) is 0 Å². The number of carboxylic acid groups (broad SMARTS) is 1. The lowest BCUT2D eigenvalue weighted by Gasteiger charge is -2.10. The number of para-hydroxylation sites is 1. The van der Waals surface area contributed by atoms with Gasteiger partial charge in [0.2, 0.25) is 5.91 Å². The first-order chi connectivity index (χ1) is 7.93. The average Bonchev–Trinajstić information content (AvgIpc) is 2.28. The van der Waals surface area contributed by atoms with E-state index in [-0.39, 0.29) is 11.3 Å². The van der Waals surface area contributed by atoms with Crippen LogP contribution in [0.1, 0.15) is 17.3 Å². The quantitative estimate of drug-likeness (QED) is 0.659. The maximum Gasteiger partial charge on any atom is 0.315 e. The number of benzene rings is 1. The number of nitrogens with one attached hydrogen (secondary N) is 1. The standard InChI is InChI=1S/C11H12N2O4/c1-6(11(16)17)10(15)13-8-5-3-2-4-7(8)9(12)14/h2-6H,1H3,(H2,12,14)(H,13,15)(H,16,17). The molecule has 1 unspecified atom stereocenters. The highest BCUT2D eigenvalue weighted by molar-refractivity contribution is 6.07. The van der Waals surface area contributed by atoms with E-state index in [4.69, 9.17) is 10.8 Å². The predicted molar refractivity (Wildman–Crippen MR) is 60.4 cm³/mol. The molecule has 2 amide bonds. The Morgan fingerprint density at radius 1 is 1.29 bits per heavy atom. The SMILES string of the molecule is CC(C(=O)O)C(=O)Nc1ccccc1C(N)=O. The summed E-state index contributed by atoms with van der Waals surface area (Å²) in [5, 5.41) is 11.0. The molecule has 6 heteroatoms. The van der Waals surface area contributed by atoms with Gasteiger partial charge in [0.05, 0.1) is 11.3 Å². The summed E-state index contributed by atoms with van der Waals surface area (Å²) in [6.07, 6.45) is 0. The lowest BCUT2D eigenvalue weighted by atomic mass is 10.1. The van der Waals surface area contributed by atoms with Crippen molar-refractivity contribution in [3.05, 3.63) is 29.8 Å². The van der Waals surface area contributed by atoms with Crippen LogP contribution >= 0.6 is 0 Å². The van der Waals surface area contributed by atoms with Crippen LogP contribution in [0, 0.1) is 5.92 Å². The summed E-state index contributed by atoms with van der Waals surface area (Å²) < 4.78 is 0. The van der Waals surface area contributed by atoms with Crippen LogP contribution in [-0.4, -0.2) is 22.9 Å². The lowest BCUT2D eigenvalue weighted by molar-refractivity contribution is -0.144. The fourth-order valence-electron chi connectivity index (χ4n) is 1.16. The van der Waals surface area contributed by atoms with Crippen molar-refractivity contribution in [1.82, 2.24) is 0 Å². The Bertz CT molecular complexity index is 470. The molecule has 0 aliphatic rings. The van der Waals surface area contributed by atoms with E-state index in [1.54, 1.807) is 12.1 Å². The zero-order valence-electron chi connectivity index (χ0n) is 9.14. The summed E-state index contributed by atoms with van der Waals surface area (Å²) >= 11 is 0. The highest BCUT2D eigenvalue weighted by Crippen LogP contribution is 2.15. The third kappa shape index (κ3) is 3.04. The van der Waals surface area contributed by atoms with Gasteiger partial charge in [-0.2, -0.15) is 0 Å². The topological polar surface area (TPSA) is 109 Å². The molecule has 90 valence electrons. The second kappa shape index (κ2) is 5.11. The zero-order chi connectivity index (χ0) is 13.0. The number of hydrogen-bond acceptors (Lipinski definition) is 3. The molecule has 1 aromatic rings. The average molecular weight is 236 g/mol. The number of rotatable bonds is 4. The molecule has 4 N–H and O–H groups in total. The number of anilines is 1. The van der Waals surface area contributed by atoms with E-state index >= 15 is 0 Å². The van der Waals surface area contributed by atoms with Crippen LogP contribution < -0.4 is 11.1 Å². The largest absolute Gasteiger partial charge is 0.481 e. The molecule has 0 aliphatic heterocycles. The number of nitrogens with two attached hydrogens (primary N) is 1. The maximum absolute atomic E-state index is 11.5.